The van der Waals surface area contributed by atoms with Crippen LogP contribution in [0.25, 0.3) is 27.8 Å². The highest BCUT2D eigenvalue weighted by molar-refractivity contribution is 6.30. The molecule has 7 rings (SSSR count). The molecule has 0 bridgehead atoms. The molecule has 0 aliphatic heterocycles. The molecule has 1 aliphatic rings. The number of halogens is 2. The minimum atomic E-state index is 0.693. The van der Waals surface area contributed by atoms with E-state index in [9.17, 15) is 0 Å². The Hall–Kier alpha value is -5.57. The molecular formula is C46H49Cl2N8+. The zero-order valence-corrected chi connectivity index (χ0v) is 34.0. The number of nitrogens with zero attached hydrogens (tertiary/aromatic N) is 3. The lowest BCUT2D eigenvalue weighted by Crippen LogP contribution is -2.33. The monoisotopic (exact) mass is 783 g/mol. The third-order valence-corrected chi connectivity index (χ3v) is 10.8. The fourth-order valence-corrected chi connectivity index (χ4v) is 7.33. The number of nitrogens with two attached hydrogens (primary N) is 2. The summed E-state index contributed by atoms with van der Waals surface area (Å²) in [7, 11) is 0. The first kappa shape index (κ1) is 38.7. The topological polar surface area (TPSA) is 117 Å². The second-order valence-corrected chi connectivity index (χ2v) is 15.5. The van der Waals surface area contributed by atoms with Crippen LogP contribution >= 0.6 is 23.2 Å². The molecule has 0 saturated heterocycles. The molecule has 56 heavy (non-hydrogen) atoms. The Bertz CT molecular complexity index is 2500. The van der Waals surface area contributed by atoms with Gasteiger partial charge in [0.2, 0.25) is 16.7 Å². The number of fused-ring (bicyclic) bond motifs is 2. The summed E-state index contributed by atoms with van der Waals surface area (Å²) in [6, 6.07) is 28.0. The maximum Gasteiger partial charge on any atom is 0.239 e. The van der Waals surface area contributed by atoms with Crippen LogP contribution in [-0.4, -0.2) is 23.8 Å². The zero-order valence-electron chi connectivity index (χ0n) is 32.4. The van der Waals surface area contributed by atoms with Crippen LogP contribution < -0.4 is 32.0 Å². The molecule has 0 radical (unpaired) electrons. The molecule has 0 amide bonds. The number of aromatic nitrogens is 2. The Morgan fingerprint density at radius 2 is 1.29 bits per heavy atom. The van der Waals surface area contributed by atoms with Gasteiger partial charge in [0.15, 0.2) is 0 Å². The van der Waals surface area contributed by atoms with Crippen LogP contribution in [0, 0.1) is 20.8 Å². The van der Waals surface area contributed by atoms with E-state index in [0.29, 0.717) is 10.0 Å². The van der Waals surface area contributed by atoms with Gasteiger partial charge in [0.05, 0.1) is 11.4 Å². The van der Waals surface area contributed by atoms with Crippen LogP contribution in [-0.2, 0) is 0 Å². The lowest BCUT2D eigenvalue weighted by atomic mass is 10.0. The van der Waals surface area contributed by atoms with E-state index in [-0.39, 0.29) is 0 Å². The number of aryl methyl sites for hydroxylation is 3. The summed E-state index contributed by atoms with van der Waals surface area (Å²) in [6.07, 6.45) is 9.66. The molecule has 10 heteroatoms. The van der Waals surface area contributed by atoms with Gasteiger partial charge in [-0.15, -0.1) is 4.57 Å². The molecule has 0 saturated carbocycles. The minimum Gasteiger partial charge on any atom is -0.398 e. The Labute approximate surface area is 339 Å². The smallest absolute Gasteiger partial charge is 0.239 e. The average Bonchev–Trinajstić information content (AvgIpc) is 3.17. The molecule has 0 fully saturated rings. The number of unbranched alkanes of at least 4 members (excludes halogenated alkanes) is 3. The van der Waals surface area contributed by atoms with Gasteiger partial charge in [0.1, 0.15) is 11.0 Å². The minimum absolute atomic E-state index is 0.693. The molecule has 1 aliphatic carbocycles. The second kappa shape index (κ2) is 17.1. The van der Waals surface area contributed by atoms with Crippen molar-refractivity contribution in [3.05, 3.63) is 135 Å². The van der Waals surface area contributed by atoms with Gasteiger partial charge in [0.25, 0.3) is 0 Å². The lowest BCUT2D eigenvalue weighted by molar-refractivity contribution is -0.538. The number of nitrogens with one attached hydrogen (secondary N) is 3. The molecule has 7 N–H and O–H groups in total. The number of aliphatic imine (C=N–C) groups is 1. The van der Waals surface area contributed by atoms with E-state index < -0.39 is 0 Å². The molecule has 0 atom stereocenters. The SMILES string of the molecule is CC1=CC(=Nc2cc(C)c(N)cc2Nc2ccc(Cl)cc2)CC=C1NCCCCCCNc1cc2c(cc1C)nc1cc(C)c(N)cc1[n+]2-c1ccc(Cl)cc1. The van der Waals surface area contributed by atoms with Gasteiger partial charge in [-0.3, -0.25) is 4.99 Å². The number of benzene rings is 5. The summed E-state index contributed by atoms with van der Waals surface area (Å²) < 4.78 is 2.23. The van der Waals surface area contributed by atoms with Crippen LogP contribution in [0.2, 0.25) is 10.0 Å². The lowest BCUT2D eigenvalue weighted by Gasteiger charge is -2.17. The Morgan fingerprint density at radius 1 is 0.679 bits per heavy atom. The van der Waals surface area contributed by atoms with Gasteiger partial charge in [0, 0.05) is 88.0 Å². The average molecular weight is 785 g/mol. The molecule has 5 aromatic carbocycles. The van der Waals surface area contributed by atoms with Crippen LogP contribution in [0.15, 0.2) is 113 Å². The first-order valence-electron chi connectivity index (χ1n) is 19.2. The first-order valence-corrected chi connectivity index (χ1v) is 20.0. The summed E-state index contributed by atoms with van der Waals surface area (Å²) >= 11 is 12.4. The maximum absolute atomic E-state index is 6.39. The third-order valence-electron chi connectivity index (χ3n) is 10.3. The van der Waals surface area contributed by atoms with Crippen LogP contribution in [0.3, 0.4) is 0 Å². The van der Waals surface area contributed by atoms with E-state index in [1.165, 1.54) is 16.8 Å². The fourth-order valence-electron chi connectivity index (χ4n) is 7.07. The number of hydrogen-bond acceptors (Lipinski definition) is 7. The predicted octanol–water partition coefficient (Wildman–Crippen LogP) is 11.4. The number of nitrogen functional groups attached to an aromatic ring is 2. The molecule has 0 unspecified atom stereocenters. The van der Waals surface area contributed by atoms with Crippen molar-refractivity contribution in [3.8, 4) is 5.69 Å². The highest BCUT2D eigenvalue weighted by atomic mass is 35.5. The number of hydrogen-bond donors (Lipinski definition) is 5. The molecular weight excluding hydrogens is 735 g/mol. The van der Waals surface area contributed by atoms with Gasteiger partial charge in [-0.05, 0) is 130 Å². The summed E-state index contributed by atoms with van der Waals surface area (Å²) in [5, 5.41) is 12.2. The highest BCUT2D eigenvalue weighted by Crippen LogP contribution is 2.34. The molecule has 8 nitrogen and oxygen atoms in total. The van der Waals surface area contributed by atoms with E-state index in [4.69, 9.17) is 44.6 Å². The van der Waals surface area contributed by atoms with Crippen LogP contribution in [0.4, 0.5) is 34.1 Å². The summed E-state index contributed by atoms with van der Waals surface area (Å²) in [6.45, 7) is 10.1. The molecule has 1 aromatic heterocycles. The van der Waals surface area contributed by atoms with Crippen molar-refractivity contribution >= 4 is 85.1 Å². The fraction of sp³-hybridized carbons (Fsp3) is 0.239. The molecule has 6 aromatic rings. The van der Waals surface area contributed by atoms with Crippen LogP contribution in [0.5, 0.6) is 0 Å². The van der Waals surface area contributed by atoms with Gasteiger partial charge in [-0.2, -0.15) is 0 Å². The molecule has 1 heterocycles. The number of allylic oxidation sites excluding steroid dienone is 3. The maximum atomic E-state index is 6.39. The second-order valence-electron chi connectivity index (χ2n) is 14.7. The number of rotatable bonds is 13. The summed E-state index contributed by atoms with van der Waals surface area (Å²) in [5.74, 6) is 0. The normalized spacial score (nSPS) is 13.6. The van der Waals surface area contributed by atoms with Gasteiger partial charge in [-0.1, -0.05) is 42.1 Å². The third kappa shape index (κ3) is 8.93. The molecule has 286 valence electrons. The Kier molecular flexibility index (Phi) is 11.8. The van der Waals surface area contributed by atoms with E-state index in [2.05, 4.69) is 64.7 Å². The van der Waals surface area contributed by atoms with E-state index in [1.54, 1.807) is 0 Å². The van der Waals surface area contributed by atoms with Crippen molar-refractivity contribution in [3.63, 3.8) is 0 Å². The van der Waals surface area contributed by atoms with E-state index >= 15 is 0 Å². The van der Waals surface area contributed by atoms with Crippen molar-refractivity contribution in [1.82, 2.24) is 10.3 Å². The Morgan fingerprint density at radius 3 is 1.98 bits per heavy atom. The van der Waals surface area contributed by atoms with E-state index in [1.807, 2.05) is 80.6 Å². The van der Waals surface area contributed by atoms with Crippen molar-refractivity contribution in [2.45, 2.75) is 59.8 Å². The van der Waals surface area contributed by atoms with E-state index in [0.717, 1.165) is 124 Å². The van der Waals surface area contributed by atoms with Crippen molar-refractivity contribution in [1.29, 1.82) is 0 Å². The first-order chi connectivity index (χ1) is 27.0. The van der Waals surface area contributed by atoms with Crippen molar-refractivity contribution in [2.24, 2.45) is 4.99 Å². The summed E-state index contributed by atoms with van der Waals surface area (Å²) in [5.41, 5.74) is 29.2. The quantitative estimate of drug-likeness (QED) is 0.0345. The largest absolute Gasteiger partial charge is 0.398 e. The van der Waals surface area contributed by atoms with Crippen molar-refractivity contribution in [2.75, 3.05) is 35.2 Å². The standard InChI is InChI=1S/C46H48Cl2N8/c1-28-22-41(42(25-37(28)49)53-34-13-9-32(47)10-14-34)54-35-15-18-39(30(3)21-35)51-19-7-5-6-8-20-52-40-27-46-44(24-31(40)4)55-43-23-29(2)38(50)26-45(43)56(46)36-16-11-33(48)12-17-36/h9-14,16-18,21-27,51,53H,5-8,15,19-20,49H2,1-4H3,(H2,50,52)/p+1. The van der Waals surface area contributed by atoms with Crippen LogP contribution in [0.1, 0.15) is 55.7 Å². The highest BCUT2D eigenvalue weighted by Gasteiger charge is 2.22. The van der Waals surface area contributed by atoms with Gasteiger partial charge in [-0.25, -0.2) is 4.98 Å². The van der Waals surface area contributed by atoms with Crippen molar-refractivity contribution < 1.29 is 4.57 Å². The number of anilines is 5. The van der Waals surface area contributed by atoms with Gasteiger partial charge < -0.3 is 27.4 Å². The Balaban J connectivity index is 0.923. The predicted molar refractivity (Wildman–Crippen MR) is 239 cm³/mol. The summed E-state index contributed by atoms with van der Waals surface area (Å²) in [4.78, 5) is 10.1. The molecule has 0 spiro atoms. The zero-order chi connectivity index (χ0) is 39.3. The van der Waals surface area contributed by atoms with Gasteiger partial charge >= 0.3 is 0 Å².